The second-order valence-electron chi connectivity index (χ2n) is 6.24. The second-order valence-corrected chi connectivity index (χ2v) is 7.10. The molecule has 1 atom stereocenters. The van der Waals surface area contributed by atoms with Gasteiger partial charge >= 0.3 is 0 Å². The van der Waals surface area contributed by atoms with Gasteiger partial charge in [0.05, 0.1) is 12.1 Å². The maximum absolute atomic E-state index is 13.0. The van der Waals surface area contributed by atoms with E-state index in [0.29, 0.717) is 11.0 Å². The van der Waals surface area contributed by atoms with Gasteiger partial charge in [-0.15, -0.1) is 11.3 Å². The number of amides is 2. The Morgan fingerprint density at radius 3 is 2.88 bits per heavy atom. The predicted octanol–water partition coefficient (Wildman–Crippen LogP) is 3.22. The molecule has 0 aliphatic carbocycles. The van der Waals surface area contributed by atoms with Crippen molar-refractivity contribution in [3.8, 4) is 11.3 Å². The number of hydrogen-bond donors (Lipinski definition) is 1. The zero-order valence-corrected chi connectivity index (χ0v) is 14.9. The summed E-state index contributed by atoms with van der Waals surface area (Å²) in [6, 6.07) is 9.77. The molecule has 7 heteroatoms. The van der Waals surface area contributed by atoms with Crippen LogP contribution < -0.4 is 5.32 Å². The third-order valence-electron chi connectivity index (χ3n) is 4.39. The van der Waals surface area contributed by atoms with E-state index in [1.54, 1.807) is 30.2 Å². The Labute approximate surface area is 154 Å². The number of anilines is 1. The van der Waals surface area contributed by atoms with Crippen molar-refractivity contribution < 1.29 is 9.59 Å². The van der Waals surface area contributed by atoms with E-state index in [4.69, 9.17) is 0 Å². The number of carbonyl (C=O) groups is 2. The number of fused-ring (bicyclic) bond motifs is 1. The molecule has 130 valence electrons. The van der Waals surface area contributed by atoms with Crippen LogP contribution in [-0.2, 0) is 9.59 Å². The van der Waals surface area contributed by atoms with Gasteiger partial charge in [-0.25, -0.2) is 4.98 Å². The molecule has 0 saturated carbocycles. The number of amidine groups is 1. The fraction of sp³-hybridized carbons (Fsp3) is 0.158. The van der Waals surface area contributed by atoms with Crippen molar-refractivity contribution in [3.05, 3.63) is 60.1 Å². The van der Waals surface area contributed by atoms with Crippen molar-refractivity contribution in [2.24, 2.45) is 4.99 Å². The fourth-order valence-corrected chi connectivity index (χ4v) is 3.70. The van der Waals surface area contributed by atoms with Crippen LogP contribution in [0.15, 0.2) is 65.1 Å². The van der Waals surface area contributed by atoms with E-state index in [1.807, 2.05) is 41.8 Å². The average molecular weight is 364 g/mol. The van der Waals surface area contributed by atoms with Crippen LogP contribution in [0.5, 0.6) is 0 Å². The van der Waals surface area contributed by atoms with Crippen LogP contribution in [-0.4, -0.2) is 33.1 Å². The number of aliphatic imine (C=N–C) groups is 1. The maximum Gasteiger partial charge on any atom is 0.252 e. The zero-order valence-electron chi connectivity index (χ0n) is 14.0. The Kier molecular flexibility index (Phi) is 4.00. The van der Waals surface area contributed by atoms with E-state index in [2.05, 4.69) is 15.3 Å². The van der Waals surface area contributed by atoms with E-state index in [1.165, 1.54) is 11.3 Å². The van der Waals surface area contributed by atoms with Crippen LogP contribution in [0.25, 0.3) is 11.3 Å². The molecule has 2 aliphatic rings. The Bertz CT molecular complexity index is 961. The Morgan fingerprint density at radius 2 is 2.08 bits per heavy atom. The van der Waals surface area contributed by atoms with Crippen molar-refractivity contribution in [3.63, 3.8) is 0 Å². The summed E-state index contributed by atoms with van der Waals surface area (Å²) in [7, 11) is 0. The molecule has 0 saturated heterocycles. The van der Waals surface area contributed by atoms with Gasteiger partial charge in [0.25, 0.3) is 11.8 Å². The van der Waals surface area contributed by atoms with Gasteiger partial charge in [-0.3, -0.25) is 14.9 Å². The monoisotopic (exact) mass is 364 g/mol. The van der Waals surface area contributed by atoms with Gasteiger partial charge in [0.15, 0.2) is 5.13 Å². The number of aromatic nitrogens is 1. The van der Waals surface area contributed by atoms with Crippen molar-refractivity contribution >= 4 is 34.1 Å². The highest BCUT2D eigenvalue weighted by Gasteiger charge is 2.45. The summed E-state index contributed by atoms with van der Waals surface area (Å²) in [6.45, 7) is 1.74. The van der Waals surface area contributed by atoms with Crippen molar-refractivity contribution in [1.82, 2.24) is 9.88 Å². The lowest BCUT2D eigenvalue weighted by atomic mass is 9.91. The minimum Gasteiger partial charge on any atom is -0.317 e. The Hall–Kier alpha value is -3.06. The molecule has 0 fully saturated rings. The number of nitrogens with zero attached hydrogens (tertiary/aromatic N) is 3. The number of hydrogen-bond acceptors (Lipinski definition) is 5. The molecular weight excluding hydrogens is 348 g/mol. The van der Waals surface area contributed by atoms with Gasteiger partial charge in [-0.05, 0) is 19.1 Å². The van der Waals surface area contributed by atoms with Crippen molar-refractivity contribution in [1.29, 1.82) is 0 Å². The van der Waals surface area contributed by atoms with E-state index in [-0.39, 0.29) is 18.2 Å². The summed E-state index contributed by atoms with van der Waals surface area (Å²) < 4.78 is 0. The lowest BCUT2D eigenvalue weighted by Crippen LogP contribution is -2.58. The normalized spacial score (nSPS) is 21.3. The molecule has 0 bridgehead atoms. The molecule has 4 rings (SSSR count). The number of thiazole rings is 1. The molecule has 2 aromatic rings. The van der Waals surface area contributed by atoms with Crippen molar-refractivity contribution in [2.75, 3.05) is 5.32 Å². The van der Waals surface area contributed by atoms with Gasteiger partial charge in [0.1, 0.15) is 11.4 Å². The first kappa shape index (κ1) is 16.4. The molecular formula is C19H16N4O2S. The lowest BCUT2D eigenvalue weighted by molar-refractivity contribution is -0.130. The molecule has 2 amide bonds. The molecule has 26 heavy (non-hydrogen) atoms. The van der Waals surface area contributed by atoms with Gasteiger partial charge in [0, 0.05) is 17.1 Å². The van der Waals surface area contributed by atoms with E-state index >= 15 is 0 Å². The summed E-state index contributed by atoms with van der Waals surface area (Å²) in [5.41, 5.74) is 0.745. The summed E-state index contributed by atoms with van der Waals surface area (Å²) in [5, 5.41) is 5.26. The highest BCUT2D eigenvalue weighted by Crippen LogP contribution is 2.31. The molecule has 1 aromatic heterocycles. The summed E-state index contributed by atoms with van der Waals surface area (Å²) >= 11 is 1.36. The summed E-state index contributed by atoms with van der Waals surface area (Å²) in [4.78, 5) is 35.2. The number of nitrogens with one attached hydrogen (secondary N) is 1. The molecule has 0 radical (unpaired) electrons. The number of allylic oxidation sites excluding steroid dienone is 2. The quantitative estimate of drug-likeness (QED) is 0.907. The van der Waals surface area contributed by atoms with Crippen LogP contribution in [0.2, 0.25) is 0 Å². The Balaban J connectivity index is 1.57. The largest absolute Gasteiger partial charge is 0.317 e. The zero-order chi connectivity index (χ0) is 18.1. The number of rotatable bonds is 3. The van der Waals surface area contributed by atoms with Crippen LogP contribution >= 0.6 is 11.3 Å². The summed E-state index contributed by atoms with van der Waals surface area (Å²) in [5.74, 6) is -0.115. The standard InChI is InChI=1S/C19H16N4O2S/c1-19(11-16(24)21-15-9-5-6-10-23(15)19)17(25)22-18-20-14(12-26-18)13-7-3-2-4-8-13/h2-10,12H,11H2,1H3,(H,20,22,25). The van der Waals surface area contributed by atoms with Crippen molar-refractivity contribution in [2.45, 2.75) is 18.9 Å². The number of benzene rings is 1. The molecule has 1 unspecified atom stereocenters. The van der Waals surface area contributed by atoms with Gasteiger partial charge in [0.2, 0.25) is 0 Å². The first-order valence-electron chi connectivity index (χ1n) is 8.14. The minimum absolute atomic E-state index is 0.0113. The van der Waals surface area contributed by atoms with Crippen LogP contribution in [0.1, 0.15) is 13.3 Å². The van der Waals surface area contributed by atoms with E-state index in [9.17, 15) is 9.59 Å². The molecule has 3 heterocycles. The lowest BCUT2D eigenvalue weighted by Gasteiger charge is -2.41. The smallest absolute Gasteiger partial charge is 0.252 e. The molecule has 0 spiro atoms. The van der Waals surface area contributed by atoms with E-state index < -0.39 is 5.54 Å². The highest BCUT2D eigenvalue weighted by molar-refractivity contribution is 7.14. The maximum atomic E-state index is 13.0. The molecule has 1 N–H and O–H groups in total. The third kappa shape index (κ3) is 2.86. The van der Waals surface area contributed by atoms with Crippen LogP contribution in [0.3, 0.4) is 0 Å². The summed E-state index contributed by atoms with van der Waals surface area (Å²) in [6.07, 6.45) is 7.11. The SMILES string of the molecule is CC1(C(=O)Nc2nc(-c3ccccc3)cs2)CC(=O)N=C2C=CC=CN21. The highest BCUT2D eigenvalue weighted by atomic mass is 32.1. The molecule has 2 aliphatic heterocycles. The fourth-order valence-electron chi connectivity index (χ4n) is 2.98. The minimum atomic E-state index is -1.05. The van der Waals surface area contributed by atoms with E-state index in [0.717, 1.165) is 11.3 Å². The first-order chi connectivity index (χ1) is 12.6. The number of carbonyl (C=O) groups excluding carboxylic acids is 2. The Morgan fingerprint density at radius 1 is 1.27 bits per heavy atom. The first-order valence-corrected chi connectivity index (χ1v) is 9.02. The van der Waals surface area contributed by atoms with Gasteiger partial charge in [-0.2, -0.15) is 4.99 Å². The topological polar surface area (TPSA) is 74.7 Å². The molecule has 6 nitrogen and oxygen atoms in total. The third-order valence-corrected chi connectivity index (χ3v) is 5.15. The second kappa shape index (κ2) is 6.34. The van der Waals surface area contributed by atoms with Gasteiger partial charge < -0.3 is 4.90 Å². The van der Waals surface area contributed by atoms with Crippen LogP contribution in [0, 0.1) is 0 Å². The predicted molar refractivity (Wildman–Crippen MR) is 102 cm³/mol. The molecule has 1 aromatic carbocycles. The average Bonchev–Trinajstić information content (AvgIpc) is 3.11. The van der Waals surface area contributed by atoms with Gasteiger partial charge in [-0.1, -0.05) is 36.4 Å². The van der Waals surface area contributed by atoms with Crippen LogP contribution in [0.4, 0.5) is 5.13 Å².